The number of halogens is 2. The molecule has 280 valence electrons. The molecule has 0 spiro atoms. The predicted molar refractivity (Wildman–Crippen MR) is 203 cm³/mol. The average Bonchev–Trinajstić information content (AvgIpc) is 3.51. The molecule has 2 aromatic heterocycles. The number of aliphatic hydroxyl groups is 1. The van der Waals surface area contributed by atoms with Crippen molar-refractivity contribution in [3.05, 3.63) is 101 Å². The monoisotopic (exact) mass is 726 g/mol. The number of nitrogens with zero attached hydrogens (tertiary/aromatic N) is 3. The molecule has 12 heteroatoms. The highest BCUT2D eigenvalue weighted by atomic mass is 19.1. The van der Waals surface area contributed by atoms with E-state index in [0.717, 1.165) is 55.2 Å². The highest BCUT2D eigenvalue weighted by Crippen LogP contribution is 2.35. The Morgan fingerprint density at radius 1 is 0.943 bits per heavy atom. The van der Waals surface area contributed by atoms with E-state index in [2.05, 4.69) is 49.7 Å². The molecule has 0 bridgehead atoms. The minimum absolute atomic E-state index is 0.175. The number of carbonyl (C=O) groups is 2. The number of aromatic nitrogens is 3. The number of carbonyl (C=O) groups excluding carboxylic acids is 2. The maximum atomic E-state index is 15.1. The maximum absolute atomic E-state index is 15.1. The van der Waals surface area contributed by atoms with E-state index in [4.69, 9.17) is 4.74 Å². The van der Waals surface area contributed by atoms with Gasteiger partial charge in [-0.25, -0.2) is 23.5 Å². The lowest BCUT2D eigenvalue weighted by atomic mass is 9.96. The summed E-state index contributed by atoms with van der Waals surface area (Å²) in [5.74, 6) is -2.15. The van der Waals surface area contributed by atoms with Crippen LogP contribution in [0.2, 0.25) is 0 Å². The second kappa shape index (κ2) is 16.2. The number of H-pyrrole nitrogens is 1. The van der Waals surface area contributed by atoms with Gasteiger partial charge in [0, 0.05) is 35.4 Å². The second-order valence-corrected chi connectivity index (χ2v) is 14.9. The van der Waals surface area contributed by atoms with Gasteiger partial charge in [0.25, 0.3) is 5.91 Å². The molecule has 4 N–H and O–H groups in total. The smallest absolute Gasteiger partial charge is 0.407 e. The van der Waals surface area contributed by atoms with Crippen molar-refractivity contribution < 1.29 is 28.2 Å². The molecule has 0 fully saturated rings. The molecule has 10 nitrogen and oxygen atoms in total. The van der Waals surface area contributed by atoms with E-state index in [1.807, 2.05) is 39.0 Å². The van der Waals surface area contributed by atoms with E-state index in [1.165, 1.54) is 44.4 Å². The van der Waals surface area contributed by atoms with Crippen LogP contribution < -0.4 is 10.6 Å². The third kappa shape index (κ3) is 10.2. The molecule has 2 heterocycles. The molecule has 0 aliphatic rings. The summed E-state index contributed by atoms with van der Waals surface area (Å²) in [5.41, 5.74) is 3.44. The van der Waals surface area contributed by atoms with Crippen molar-refractivity contribution in [3.63, 3.8) is 0 Å². The van der Waals surface area contributed by atoms with E-state index in [9.17, 15) is 19.1 Å². The predicted octanol–water partition coefficient (Wildman–Crippen LogP) is 8.49. The summed E-state index contributed by atoms with van der Waals surface area (Å²) in [6.07, 6.45) is 3.91. The van der Waals surface area contributed by atoms with Crippen LogP contribution >= 0.6 is 0 Å². The molecular weight excluding hydrogens is 678 g/mol. The van der Waals surface area contributed by atoms with Gasteiger partial charge in [0.15, 0.2) is 0 Å². The Bertz CT molecular complexity index is 2080. The number of hydrogen-bond donors (Lipinski definition) is 4. The van der Waals surface area contributed by atoms with E-state index in [-0.39, 0.29) is 17.3 Å². The Morgan fingerprint density at radius 3 is 2.36 bits per heavy atom. The lowest BCUT2D eigenvalue weighted by Gasteiger charge is -2.19. The summed E-state index contributed by atoms with van der Waals surface area (Å²) in [4.78, 5) is 39.4. The Kier molecular flexibility index (Phi) is 11.9. The van der Waals surface area contributed by atoms with Gasteiger partial charge in [-0.2, -0.15) is 0 Å². The van der Waals surface area contributed by atoms with E-state index in [1.54, 1.807) is 6.92 Å². The van der Waals surface area contributed by atoms with Crippen LogP contribution in [0.5, 0.6) is 0 Å². The molecule has 0 saturated heterocycles. The summed E-state index contributed by atoms with van der Waals surface area (Å²) in [5, 5.41) is 16.3. The lowest BCUT2D eigenvalue weighted by Crippen LogP contribution is -2.33. The lowest BCUT2D eigenvalue weighted by molar-refractivity contribution is 0.0526. The number of fused-ring (bicyclic) bond motifs is 1. The van der Waals surface area contributed by atoms with Gasteiger partial charge in [-0.15, -0.1) is 0 Å². The van der Waals surface area contributed by atoms with Gasteiger partial charge in [-0.1, -0.05) is 36.8 Å². The number of ether oxygens (including phenoxy) is 1. The first-order chi connectivity index (χ1) is 25.0. The van der Waals surface area contributed by atoms with Crippen LogP contribution in [0.4, 0.5) is 19.3 Å². The van der Waals surface area contributed by atoms with Gasteiger partial charge in [-0.05, 0) is 121 Å². The van der Waals surface area contributed by atoms with Crippen molar-refractivity contribution in [2.24, 2.45) is 0 Å². The molecule has 3 aromatic carbocycles. The average molecular weight is 727 g/mol. The normalized spacial score (nSPS) is 12.0. The van der Waals surface area contributed by atoms with Crippen LogP contribution in [0.1, 0.15) is 80.9 Å². The Morgan fingerprint density at radius 2 is 1.68 bits per heavy atom. The number of alkyl carbamates (subject to hydrolysis) is 1. The van der Waals surface area contributed by atoms with Gasteiger partial charge in [0.1, 0.15) is 29.2 Å². The summed E-state index contributed by atoms with van der Waals surface area (Å²) >= 11 is 0. The molecule has 0 aliphatic carbocycles. The summed E-state index contributed by atoms with van der Waals surface area (Å²) in [6.45, 7) is 12.6. The Balaban J connectivity index is 1.24. The Hall–Kier alpha value is -5.20. The van der Waals surface area contributed by atoms with Gasteiger partial charge in [0.05, 0.1) is 16.9 Å². The molecular formula is C41H48F2N6O4. The quantitative estimate of drug-likeness (QED) is 0.0895. The maximum Gasteiger partial charge on any atom is 0.407 e. The minimum Gasteiger partial charge on any atom is -0.444 e. The number of nitrogens with one attached hydrogen (secondary N) is 3. The minimum atomic E-state index is -1.28. The summed E-state index contributed by atoms with van der Waals surface area (Å²) in [7, 11) is 2.09. The van der Waals surface area contributed by atoms with Crippen molar-refractivity contribution >= 4 is 28.7 Å². The highest BCUT2D eigenvalue weighted by Gasteiger charge is 2.22. The largest absolute Gasteiger partial charge is 0.444 e. The number of benzene rings is 3. The highest BCUT2D eigenvalue weighted by molar-refractivity contribution is 6.06. The molecule has 0 unspecified atom stereocenters. The molecule has 2 amide bonds. The van der Waals surface area contributed by atoms with Crippen LogP contribution in [0.3, 0.4) is 0 Å². The van der Waals surface area contributed by atoms with Crippen molar-refractivity contribution in [1.82, 2.24) is 25.2 Å². The van der Waals surface area contributed by atoms with Crippen LogP contribution in [-0.2, 0) is 16.9 Å². The fraction of sp³-hybridized carbons (Fsp3) is 0.366. The zero-order chi connectivity index (χ0) is 38.5. The Labute approximate surface area is 309 Å². The summed E-state index contributed by atoms with van der Waals surface area (Å²) in [6, 6.07) is 16.6. The van der Waals surface area contributed by atoms with E-state index >= 15 is 4.39 Å². The number of hydrogen-bond acceptors (Lipinski definition) is 7. The number of aromatic amines is 1. The van der Waals surface area contributed by atoms with Crippen molar-refractivity contribution in [2.45, 2.75) is 78.6 Å². The summed E-state index contributed by atoms with van der Waals surface area (Å²) < 4.78 is 35.2. The zero-order valence-electron chi connectivity index (χ0n) is 31.4. The molecule has 0 radical (unpaired) electrons. The van der Waals surface area contributed by atoms with Gasteiger partial charge in [0.2, 0.25) is 0 Å². The zero-order valence-corrected chi connectivity index (χ0v) is 31.4. The standard InChI is InChI=1S/C41H48F2N6O4/c1-25-31(20-29(42)21-34(25)48-38(50)30-16-15-28(19-33(30)43)41(5,6)52)36-32-22-35(47-37(32)46-24-45-36)27-13-11-26(12-14-27)23-49(7)18-10-8-9-17-44-39(51)53-40(2,3)4/h11-16,19-22,24,52H,8-10,17-18,23H2,1-7H3,(H,44,51)(H,48,50)(H,45,46,47). The van der Waals surface area contributed by atoms with E-state index < -0.39 is 28.7 Å². The van der Waals surface area contributed by atoms with Crippen LogP contribution in [0, 0.1) is 18.6 Å². The molecule has 0 atom stereocenters. The first-order valence-corrected chi connectivity index (χ1v) is 17.7. The number of unbranched alkanes of at least 4 members (excludes halogenated alkanes) is 2. The van der Waals surface area contributed by atoms with Gasteiger partial charge in [-0.3, -0.25) is 4.79 Å². The molecule has 5 rings (SSSR count). The molecule has 0 aliphatic heterocycles. The van der Waals surface area contributed by atoms with Crippen molar-refractivity contribution in [1.29, 1.82) is 0 Å². The topological polar surface area (TPSA) is 132 Å². The first kappa shape index (κ1) is 39.0. The number of rotatable bonds is 13. The SMILES string of the molecule is Cc1c(NC(=O)c2ccc(C(C)(C)O)cc2F)cc(F)cc1-c1ncnc2[nH]c(-c3ccc(CN(C)CCCCCNC(=O)OC(C)(C)C)cc3)cc12. The third-order valence-electron chi connectivity index (χ3n) is 8.82. The van der Waals surface area contributed by atoms with Crippen LogP contribution in [0.25, 0.3) is 33.5 Å². The number of anilines is 1. The van der Waals surface area contributed by atoms with E-state index in [0.29, 0.717) is 40.0 Å². The second-order valence-electron chi connectivity index (χ2n) is 14.9. The van der Waals surface area contributed by atoms with Crippen molar-refractivity contribution in [3.8, 4) is 22.5 Å². The van der Waals surface area contributed by atoms with Gasteiger partial charge >= 0.3 is 6.09 Å². The van der Waals surface area contributed by atoms with Crippen LogP contribution in [-0.4, -0.2) is 62.7 Å². The van der Waals surface area contributed by atoms with Crippen LogP contribution in [0.15, 0.2) is 67.0 Å². The number of amides is 2. The molecule has 0 saturated carbocycles. The molecule has 5 aromatic rings. The first-order valence-electron chi connectivity index (χ1n) is 17.7. The van der Waals surface area contributed by atoms with Crippen molar-refractivity contribution in [2.75, 3.05) is 25.5 Å². The molecule has 53 heavy (non-hydrogen) atoms. The fourth-order valence-electron chi connectivity index (χ4n) is 6.00. The fourth-order valence-corrected chi connectivity index (χ4v) is 6.00. The third-order valence-corrected chi connectivity index (χ3v) is 8.82. The van der Waals surface area contributed by atoms with Gasteiger partial charge < -0.3 is 30.4 Å².